The van der Waals surface area contributed by atoms with Crippen LogP contribution in [0, 0.1) is 0 Å². The van der Waals surface area contributed by atoms with E-state index in [1.165, 1.54) is 0 Å². The van der Waals surface area contributed by atoms with E-state index in [0.717, 1.165) is 11.3 Å². The van der Waals surface area contributed by atoms with Gasteiger partial charge in [-0.3, -0.25) is 4.79 Å². The third-order valence-corrected chi connectivity index (χ3v) is 2.12. The molecule has 0 atom stereocenters. The average Bonchev–Trinajstić information content (AvgIpc) is 2.28. The maximum Gasteiger partial charge on any atom is 0.224 e. The number of amides is 1. The van der Waals surface area contributed by atoms with Gasteiger partial charge in [-0.25, -0.2) is 0 Å². The Morgan fingerprint density at radius 1 is 1.33 bits per heavy atom. The first-order valence-corrected chi connectivity index (χ1v) is 4.62. The van der Waals surface area contributed by atoms with Crippen molar-refractivity contribution in [1.82, 2.24) is 5.32 Å². The maximum atomic E-state index is 11.2. The number of nitrogens with one attached hydrogen (secondary N) is 1. The Morgan fingerprint density at radius 3 is 2.60 bits per heavy atom. The van der Waals surface area contributed by atoms with Gasteiger partial charge in [0.15, 0.2) is 0 Å². The lowest BCUT2D eigenvalue weighted by Crippen LogP contribution is -2.20. The Morgan fingerprint density at radius 2 is 2.07 bits per heavy atom. The van der Waals surface area contributed by atoms with Gasteiger partial charge in [-0.1, -0.05) is 0 Å². The van der Waals surface area contributed by atoms with Crippen molar-refractivity contribution in [2.75, 3.05) is 21.3 Å². The Hall–Kier alpha value is -1.71. The van der Waals surface area contributed by atoms with Gasteiger partial charge in [0.2, 0.25) is 5.91 Å². The summed E-state index contributed by atoms with van der Waals surface area (Å²) in [6.45, 7) is 0. The molecule has 1 N–H and O–H groups in total. The third-order valence-electron chi connectivity index (χ3n) is 2.12. The van der Waals surface area contributed by atoms with Crippen LogP contribution in [-0.2, 0) is 11.2 Å². The number of benzene rings is 1. The van der Waals surface area contributed by atoms with Crippen LogP contribution in [-0.4, -0.2) is 27.2 Å². The van der Waals surface area contributed by atoms with Gasteiger partial charge >= 0.3 is 0 Å². The first kappa shape index (κ1) is 11.4. The van der Waals surface area contributed by atoms with E-state index in [-0.39, 0.29) is 12.3 Å². The molecule has 0 aliphatic heterocycles. The normalized spacial score (nSPS) is 9.53. The van der Waals surface area contributed by atoms with Crippen molar-refractivity contribution in [3.05, 3.63) is 23.8 Å². The molecule has 4 nitrogen and oxygen atoms in total. The Labute approximate surface area is 89.2 Å². The molecule has 0 saturated carbocycles. The fourth-order valence-corrected chi connectivity index (χ4v) is 1.28. The van der Waals surface area contributed by atoms with Crippen molar-refractivity contribution >= 4 is 5.91 Å². The summed E-state index contributed by atoms with van der Waals surface area (Å²) in [7, 11) is 4.77. The summed E-state index contributed by atoms with van der Waals surface area (Å²) in [6, 6.07) is 5.39. The SMILES string of the molecule is CNC(=O)Cc1cc(OC)ccc1OC. The van der Waals surface area contributed by atoms with Gasteiger partial charge in [-0.2, -0.15) is 0 Å². The van der Waals surface area contributed by atoms with Gasteiger partial charge in [0.1, 0.15) is 11.5 Å². The highest BCUT2D eigenvalue weighted by Crippen LogP contribution is 2.24. The summed E-state index contributed by atoms with van der Waals surface area (Å²) in [5.41, 5.74) is 0.816. The molecule has 1 amide bonds. The largest absolute Gasteiger partial charge is 0.497 e. The van der Waals surface area contributed by atoms with Crippen molar-refractivity contribution in [2.24, 2.45) is 0 Å². The molecule has 0 fully saturated rings. The predicted molar refractivity (Wildman–Crippen MR) is 57.3 cm³/mol. The predicted octanol–water partition coefficient (Wildman–Crippen LogP) is 0.992. The van der Waals surface area contributed by atoms with E-state index in [2.05, 4.69) is 5.32 Å². The summed E-state index contributed by atoms with van der Waals surface area (Å²) >= 11 is 0. The molecule has 0 aromatic heterocycles. The summed E-state index contributed by atoms with van der Waals surface area (Å²) < 4.78 is 10.2. The van der Waals surface area contributed by atoms with Crippen molar-refractivity contribution in [1.29, 1.82) is 0 Å². The van der Waals surface area contributed by atoms with Crippen LogP contribution in [0.4, 0.5) is 0 Å². The van der Waals surface area contributed by atoms with Gasteiger partial charge in [0, 0.05) is 12.6 Å². The Bertz CT molecular complexity index is 350. The highest BCUT2D eigenvalue weighted by atomic mass is 16.5. The van der Waals surface area contributed by atoms with E-state index >= 15 is 0 Å². The van der Waals surface area contributed by atoms with Crippen LogP contribution in [0.2, 0.25) is 0 Å². The van der Waals surface area contributed by atoms with Crippen molar-refractivity contribution in [2.45, 2.75) is 6.42 Å². The molecular weight excluding hydrogens is 194 g/mol. The minimum absolute atomic E-state index is 0.0541. The smallest absolute Gasteiger partial charge is 0.224 e. The standard InChI is InChI=1S/C11H15NO3/c1-12-11(13)7-8-6-9(14-2)4-5-10(8)15-3/h4-6H,7H2,1-3H3,(H,12,13). The van der Waals surface area contributed by atoms with Crippen LogP contribution >= 0.6 is 0 Å². The number of rotatable bonds is 4. The Balaban J connectivity index is 2.95. The summed E-state index contributed by atoms with van der Waals surface area (Å²) in [5, 5.41) is 2.57. The quantitative estimate of drug-likeness (QED) is 0.804. The minimum Gasteiger partial charge on any atom is -0.497 e. The second kappa shape index (κ2) is 5.24. The molecule has 1 aromatic rings. The number of ether oxygens (including phenoxy) is 2. The van der Waals surface area contributed by atoms with E-state index < -0.39 is 0 Å². The molecule has 82 valence electrons. The van der Waals surface area contributed by atoms with Crippen molar-refractivity contribution in [3.63, 3.8) is 0 Å². The average molecular weight is 209 g/mol. The second-order valence-corrected chi connectivity index (χ2v) is 3.03. The van der Waals surface area contributed by atoms with Crippen LogP contribution in [0.15, 0.2) is 18.2 Å². The Kier molecular flexibility index (Phi) is 3.97. The van der Waals surface area contributed by atoms with Crippen molar-refractivity contribution in [3.8, 4) is 11.5 Å². The number of carbonyl (C=O) groups excluding carboxylic acids is 1. The monoisotopic (exact) mass is 209 g/mol. The van der Waals surface area contributed by atoms with Gasteiger partial charge in [0.25, 0.3) is 0 Å². The lowest BCUT2D eigenvalue weighted by molar-refractivity contribution is -0.119. The van der Waals surface area contributed by atoms with Crippen LogP contribution < -0.4 is 14.8 Å². The second-order valence-electron chi connectivity index (χ2n) is 3.03. The van der Waals surface area contributed by atoms with E-state index in [4.69, 9.17) is 9.47 Å². The maximum absolute atomic E-state index is 11.2. The highest BCUT2D eigenvalue weighted by Gasteiger charge is 2.08. The van der Waals surface area contributed by atoms with Crippen LogP contribution in [0.25, 0.3) is 0 Å². The van der Waals surface area contributed by atoms with E-state index in [9.17, 15) is 4.79 Å². The highest BCUT2D eigenvalue weighted by molar-refractivity contribution is 5.79. The molecule has 15 heavy (non-hydrogen) atoms. The van der Waals surface area contributed by atoms with E-state index in [1.54, 1.807) is 39.5 Å². The van der Waals surface area contributed by atoms with Gasteiger partial charge in [-0.05, 0) is 18.2 Å². The number of hydrogen-bond acceptors (Lipinski definition) is 3. The van der Waals surface area contributed by atoms with Crippen LogP contribution in [0.5, 0.6) is 11.5 Å². The zero-order valence-corrected chi connectivity index (χ0v) is 9.16. The van der Waals surface area contributed by atoms with Crippen molar-refractivity contribution < 1.29 is 14.3 Å². The number of likely N-dealkylation sites (N-methyl/N-ethyl adjacent to an activating group) is 1. The zero-order chi connectivity index (χ0) is 11.3. The summed E-state index contributed by atoms with van der Waals surface area (Å²) in [4.78, 5) is 11.2. The summed E-state index contributed by atoms with van der Waals surface area (Å²) in [5.74, 6) is 1.36. The molecule has 0 bridgehead atoms. The first-order chi connectivity index (χ1) is 7.21. The third kappa shape index (κ3) is 2.87. The van der Waals surface area contributed by atoms with E-state index in [1.807, 2.05) is 0 Å². The van der Waals surface area contributed by atoms with Crippen LogP contribution in [0.3, 0.4) is 0 Å². The lowest BCUT2D eigenvalue weighted by atomic mass is 10.1. The number of hydrogen-bond donors (Lipinski definition) is 1. The molecule has 0 saturated heterocycles. The molecule has 0 aliphatic carbocycles. The lowest BCUT2D eigenvalue weighted by Gasteiger charge is -2.09. The fraction of sp³-hybridized carbons (Fsp3) is 0.364. The fourth-order valence-electron chi connectivity index (χ4n) is 1.28. The molecular formula is C11H15NO3. The topological polar surface area (TPSA) is 47.6 Å². The number of carbonyl (C=O) groups is 1. The van der Waals surface area contributed by atoms with Gasteiger partial charge in [0.05, 0.1) is 20.6 Å². The molecule has 0 heterocycles. The molecule has 4 heteroatoms. The molecule has 0 unspecified atom stereocenters. The van der Waals surface area contributed by atoms with E-state index in [0.29, 0.717) is 5.75 Å². The minimum atomic E-state index is -0.0541. The molecule has 1 rings (SSSR count). The first-order valence-electron chi connectivity index (χ1n) is 4.62. The van der Waals surface area contributed by atoms with Gasteiger partial charge in [-0.15, -0.1) is 0 Å². The summed E-state index contributed by atoms with van der Waals surface area (Å²) in [6.07, 6.45) is 0.289. The van der Waals surface area contributed by atoms with Crippen LogP contribution in [0.1, 0.15) is 5.56 Å². The number of methoxy groups -OCH3 is 2. The molecule has 0 spiro atoms. The molecule has 1 aromatic carbocycles. The molecule has 0 aliphatic rings. The molecule has 0 radical (unpaired) electrons. The van der Waals surface area contributed by atoms with Gasteiger partial charge < -0.3 is 14.8 Å². The zero-order valence-electron chi connectivity index (χ0n) is 9.16.